The van der Waals surface area contributed by atoms with Gasteiger partial charge in [0.2, 0.25) is 0 Å². The molecule has 0 radical (unpaired) electrons. The van der Waals surface area contributed by atoms with Gasteiger partial charge in [-0.1, -0.05) is 5.16 Å². The maximum absolute atomic E-state index is 8.55. The third kappa shape index (κ3) is 2.25. The number of piperazine rings is 1. The molecule has 0 amide bonds. The number of nitrogens with zero attached hydrogens (tertiary/aromatic N) is 2. The molecular weight excluding hydrogens is 204 g/mol. The summed E-state index contributed by atoms with van der Waals surface area (Å²) in [5, 5.41) is 14.8. The Kier molecular flexibility index (Phi) is 3.26. The molecule has 1 aliphatic rings. The Hall–Kier alpha value is -1.75. The Balaban J connectivity index is 2.12. The van der Waals surface area contributed by atoms with E-state index in [1.54, 1.807) is 0 Å². The number of hydrogen-bond donors (Lipinski definition) is 3. The quantitative estimate of drug-likeness (QED) is 0.288. The van der Waals surface area contributed by atoms with E-state index in [9.17, 15) is 0 Å². The van der Waals surface area contributed by atoms with Gasteiger partial charge in [0.15, 0.2) is 5.84 Å². The summed E-state index contributed by atoms with van der Waals surface area (Å²) in [4.78, 5) is 2.31. The Labute approximate surface area is 94.5 Å². The van der Waals surface area contributed by atoms with E-state index in [0.717, 1.165) is 31.7 Å². The maximum Gasteiger partial charge on any atom is 0.170 e. The molecule has 1 aromatic rings. The number of nitrogens with one attached hydrogen (secondary N) is 1. The second-order valence-electron chi connectivity index (χ2n) is 3.77. The Bertz CT molecular complexity index is 368. The molecule has 0 aromatic heterocycles. The van der Waals surface area contributed by atoms with Crippen molar-refractivity contribution in [2.24, 2.45) is 10.9 Å². The van der Waals surface area contributed by atoms with Crippen LogP contribution in [0, 0.1) is 0 Å². The number of amidine groups is 1. The van der Waals surface area contributed by atoms with Gasteiger partial charge >= 0.3 is 0 Å². The molecule has 16 heavy (non-hydrogen) atoms. The molecule has 0 saturated carbocycles. The lowest BCUT2D eigenvalue weighted by atomic mass is 10.1. The van der Waals surface area contributed by atoms with Crippen molar-refractivity contribution in [1.82, 2.24) is 5.32 Å². The van der Waals surface area contributed by atoms with Crippen LogP contribution in [0.5, 0.6) is 0 Å². The number of hydrogen-bond acceptors (Lipinski definition) is 4. The molecule has 5 nitrogen and oxygen atoms in total. The molecule has 1 saturated heterocycles. The normalized spacial score (nSPS) is 17.5. The molecule has 0 spiro atoms. The van der Waals surface area contributed by atoms with Crippen LogP contribution in [0.15, 0.2) is 29.4 Å². The molecule has 0 bridgehead atoms. The van der Waals surface area contributed by atoms with Crippen molar-refractivity contribution in [3.8, 4) is 0 Å². The minimum Gasteiger partial charge on any atom is -0.409 e. The van der Waals surface area contributed by atoms with Crippen LogP contribution in [0.2, 0.25) is 0 Å². The third-order valence-corrected chi connectivity index (χ3v) is 2.75. The van der Waals surface area contributed by atoms with E-state index in [4.69, 9.17) is 10.9 Å². The van der Waals surface area contributed by atoms with E-state index in [2.05, 4.69) is 15.4 Å². The van der Waals surface area contributed by atoms with Crippen LogP contribution in [0.1, 0.15) is 5.56 Å². The first-order chi connectivity index (χ1) is 7.81. The second-order valence-corrected chi connectivity index (χ2v) is 3.77. The second kappa shape index (κ2) is 4.85. The predicted molar refractivity (Wildman–Crippen MR) is 64.0 cm³/mol. The van der Waals surface area contributed by atoms with Gasteiger partial charge in [0, 0.05) is 37.4 Å². The molecule has 1 aromatic carbocycles. The van der Waals surface area contributed by atoms with Gasteiger partial charge in [-0.05, 0) is 24.3 Å². The van der Waals surface area contributed by atoms with Crippen molar-refractivity contribution in [2.45, 2.75) is 0 Å². The highest BCUT2D eigenvalue weighted by molar-refractivity contribution is 5.97. The minimum absolute atomic E-state index is 0.145. The first-order valence-electron chi connectivity index (χ1n) is 5.35. The van der Waals surface area contributed by atoms with Gasteiger partial charge in [-0.25, -0.2) is 0 Å². The first kappa shape index (κ1) is 10.8. The smallest absolute Gasteiger partial charge is 0.170 e. The summed E-state index contributed by atoms with van der Waals surface area (Å²) >= 11 is 0. The van der Waals surface area contributed by atoms with Crippen LogP contribution in [-0.4, -0.2) is 37.2 Å². The zero-order chi connectivity index (χ0) is 11.4. The molecule has 1 aliphatic heterocycles. The van der Waals surface area contributed by atoms with Crippen LogP contribution < -0.4 is 16.0 Å². The summed E-state index contributed by atoms with van der Waals surface area (Å²) in [6.07, 6.45) is 0. The molecule has 0 aliphatic carbocycles. The highest BCUT2D eigenvalue weighted by atomic mass is 16.4. The molecule has 1 fully saturated rings. The Morgan fingerprint density at radius 3 is 2.44 bits per heavy atom. The van der Waals surface area contributed by atoms with Crippen LogP contribution >= 0.6 is 0 Å². The van der Waals surface area contributed by atoms with Crippen LogP contribution in [0.3, 0.4) is 0 Å². The molecule has 1 heterocycles. The number of oxime groups is 1. The lowest BCUT2D eigenvalue weighted by Gasteiger charge is -2.29. The predicted octanol–water partition coefficient (Wildman–Crippen LogP) is 0.191. The molecule has 86 valence electrons. The van der Waals surface area contributed by atoms with Crippen molar-refractivity contribution in [3.63, 3.8) is 0 Å². The average molecular weight is 220 g/mol. The van der Waals surface area contributed by atoms with Crippen LogP contribution in [0.25, 0.3) is 0 Å². The Morgan fingerprint density at radius 1 is 1.25 bits per heavy atom. The van der Waals surface area contributed by atoms with Crippen molar-refractivity contribution in [1.29, 1.82) is 0 Å². The summed E-state index contributed by atoms with van der Waals surface area (Å²) in [7, 11) is 0. The zero-order valence-corrected chi connectivity index (χ0v) is 9.06. The number of anilines is 1. The van der Waals surface area contributed by atoms with E-state index < -0.39 is 0 Å². The van der Waals surface area contributed by atoms with Crippen LogP contribution in [-0.2, 0) is 0 Å². The topological polar surface area (TPSA) is 73.9 Å². The third-order valence-electron chi connectivity index (χ3n) is 2.75. The van der Waals surface area contributed by atoms with Gasteiger partial charge in [-0.15, -0.1) is 0 Å². The largest absolute Gasteiger partial charge is 0.409 e. The van der Waals surface area contributed by atoms with E-state index in [1.807, 2.05) is 24.3 Å². The first-order valence-corrected chi connectivity index (χ1v) is 5.35. The molecule has 2 rings (SSSR count). The van der Waals surface area contributed by atoms with Gasteiger partial charge in [0.1, 0.15) is 0 Å². The van der Waals surface area contributed by atoms with Crippen molar-refractivity contribution >= 4 is 11.5 Å². The van der Waals surface area contributed by atoms with Gasteiger partial charge in [0.25, 0.3) is 0 Å². The van der Waals surface area contributed by atoms with Gasteiger partial charge < -0.3 is 21.2 Å². The standard InChI is InChI=1S/C11H16N4O/c12-11(14-16)9-1-3-10(4-2-9)15-7-5-13-6-8-15/h1-4,13,16H,5-8H2,(H2,12,14). The number of rotatable bonds is 2. The summed E-state index contributed by atoms with van der Waals surface area (Å²) in [5.74, 6) is 0.145. The lowest BCUT2D eigenvalue weighted by Crippen LogP contribution is -2.43. The molecule has 4 N–H and O–H groups in total. The lowest BCUT2D eigenvalue weighted by molar-refractivity contribution is 0.318. The van der Waals surface area contributed by atoms with Crippen molar-refractivity contribution in [2.75, 3.05) is 31.1 Å². The van der Waals surface area contributed by atoms with Crippen LogP contribution in [0.4, 0.5) is 5.69 Å². The molecule has 0 unspecified atom stereocenters. The van der Waals surface area contributed by atoms with Crippen molar-refractivity contribution < 1.29 is 5.21 Å². The summed E-state index contributed by atoms with van der Waals surface area (Å²) in [6.45, 7) is 4.07. The summed E-state index contributed by atoms with van der Waals surface area (Å²) < 4.78 is 0. The molecular formula is C11H16N4O. The van der Waals surface area contributed by atoms with E-state index in [0.29, 0.717) is 0 Å². The highest BCUT2D eigenvalue weighted by Crippen LogP contribution is 2.15. The fraction of sp³-hybridized carbons (Fsp3) is 0.364. The van der Waals surface area contributed by atoms with E-state index >= 15 is 0 Å². The van der Waals surface area contributed by atoms with Gasteiger partial charge in [0.05, 0.1) is 0 Å². The van der Waals surface area contributed by atoms with E-state index in [1.165, 1.54) is 5.69 Å². The number of benzene rings is 1. The SMILES string of the molecule is NC(=NO)c1ccc(N2CCNCC2)cc1. The van der Waals surface area contributed by atoms with Crippen molar-refractivity contribution in [3.05, 3.63) is 29.8 Å². The molecule has 5 heteroatoms. The summed E-state index contributed by atoms with van der Waals surface area (Å²) in [6, 6.07) is 7.73. The number of nitrogens with two attached hydrogens (primary N) is 1. The van der Waals surface area contributed by atoms with Gasteiger partial charge in [-0.2, -0.15) is 0 Å². The summed E-state index contributed by atoms with van der Waals surface area (Å²) in [5.41, 5.74) is 7.41. The maximum atomic E-state index is 8.55. The fourth-order valence-electron chi connectivity index (χ4n) is 1.82. The zero-order valence-electron chi connectivity index (χ0n) is 9.06. The van der Waals surface area contributed by atoms with Gasteiger partial charge in [-0.3, -0.25) is 0 Å². The molecule has 0 atom stereocenters. The monoisotopic (exact) mass is 220 g/mol. The minimum atomic E-state index is 0.145. The average Bonchev–Trinajstić information content (AvgIpc) is 2.39. The highest BCUT2D eigenvalue weighted by Gasteiger charge is 2.10. The van der Waals surface area contributed by atoms with E-state index in [-0.39, 0.29) is 5.84 Å². The Morgan fingerprint density at radius 2 is 1.88 bits per heavy atom. The fourth-order valence-corrected chi connectivity index (χ4v) is 1.82.